The number of aromatic nitrogens is 3. The molecule has 6 nitrogen and oxygen atoms in total. The van der Waals surface area contributed by atoms with Gasteiger partial charge in [-0.2, -0.15) is 0 Å². The summed E-state index contributed by atoms with van der Waals surface area (Å²) in [7, 11) is 0. The molecule has 1 unspecified atom stereocenters. The van der Waals surface area contributed by atoms with Crippen LogP contribution in [0.25, 0.3) is 11.4 Å². The van der Waals surface area contributed by atoms with Crippen LogP contribution in [0, 0.1) is 6.92 Å². The Bertz CT molecular complexity index is 1190. The number of hydrogen-bond donors (Lipinski definition) is 1. The molecule has 31 heavy (non-hydrogen) atoms. The largest absolute Gasteiger partial charge is 0.469 e. The predicted octanol–water partition coefficient (Wildman–Crippen LogP) is 5.67. The van der Waals surface area contributed by atoms with E-state index in [1.165, 1.54) is 11.8 Å². The molecule has 0 radical (unpaired) electrons. The molecule has 0 aliphatic rings. The number of aryl methyl sites for hydroxylation is 1. The minimum atomic E-state index is -0.393. The van der Waals surface area contributed by atoms with Crippen molar-refractivity contribution < 1.29 is 9.21 Å². The number of benzene rings is 2. The Balaban J connectivity index is 1.59. The fourth-order valence-electron chi connectivity index (χ4n) is 3.12. The van der Waals surface area contributed by atoms with E-state index in [0.717, 1.165) is 16.9 Å². The number of halogens is 1. The normalized spacial score (nSPS) is 12.0. The van der Waals surface area contributed by atoms with Gasteiger partial charge in [0.1, 0.15) is 5.76 Å². The third-order valence-electron chi connectivity index (χ3n) is 4.74. The lowest BCUT2D eigenvalue weighted by molar-refractivity contribution is -0.115. The predicted molar refractivity (Wildman–Crippen MR) is 123 cm³/mol. The van der Waals surface area contributed by atoms with E-state index in [9.17, 15) is 4.79 Å². The van der Waals surface area contributed by atoms with E-state index in [4.69, 9.17) is 16.0 Å². The molecule has 1 N–H and O–H groups in total. The molecular weight excluding hydrogens is 432 g/mol. The molecule has 0 aliphatic heterocycles. The van der Waals surface area contributed by atoms with Crippen molar-refractivity contribution in [3.8, 4) is 11.4 Å². The zero-order chi connectivity index (χ0) is 21.8. The van der Waals surface area contributed by atoms with Crippen LogP contribution in [0.15, 0.2) is 76.5 Å². The van der Waals surface area contributed by atoms with E-state index >= 15 is 0 Å². The lowest BCUT2D eigenvalue weighted by Gasteiger charge is -2.14. The Labute approximate surface area is 189 Å². The molecule has 0 saturated carbocycles. The van der Waals surface area contributed by atoms with E-state index in [0.29, 0.717) is 28.2 Å². The minimum Gasteiger partial charge on any atom is -0.469 e. The first-order valence-electron chi connectivity index (χ1n) is 9.76. The van der Waals surface area contributed by atoms with E-state index < -0.39 is 5.25 Å². The maximum atomic E-state index is 12.7. The minimum absolute atomic E-state index is 0.137. The first-order valence-corrected chi connectivity index (χ1v) is 11.0. The van der Waals surface area contributed by atoms with E-state index in [1.807, 2.05) is 42.7 Å². The second kappa shape index (κ2) is 9.41. The lowest BCUT2D eigenvalue weighted by Crippen LogP contribution is -2.23. The number of hydrogen-bond acceptors (Lipinski definition) is 5. The smallest absolute Gasteiger partial charge is 0.237 e. The Kier molecular flexibility index (Phi) is 6.44. The maximum Gasteiger partial charge on any atom is 0.237 e. The molecule has 0 spiro atoms. The van der Waals surface area contributed by atoms with Crippen LogP contribution in [0.2, 0.25) is 5.02 Å². The average Bonchev–Trinajstić information content (AvgIpc) is 3.34. The van der Waals surface area contributed by atoms with Crippen molar-refractivity contribution in [3.05, 3.63) is 83.3 Å². The van der Waals surface area contributed by atoms with Crippen LogP contribution in [-0.2, 0) is 11.3 Å². The summed E-state index contributed by atoms with van der Waals surface area (Å²) in [6.45, 7) is 4.32. The molecule has 0 fully saturated rings. The standard InChI is InChI=1S/C23H21ClN4O2S/c1-15-20(11-12-30-15)21-26-27-23(28(21)14-17-7-4-3-5-8-17)31-16(2)22(29)25-19-10-6-9-18(24)13-19/h3-13,16H,14H2,1-2H3,(H,25,29). The van der Waals surface area contributed by atoms with Crippen LogP contribution < -0.4 is 5.32 Å². The van der Waals surface area contributed by atoms with E-state index in [1.54, 1.807) is 30.5 Å². The van der Waals surface area contributed by atoms with Gasteiger partial charge in [0, 0.05) is 10.7 Å². The summed E-state index contributed by atoms with van der Waals surface area (Å²) in [6.07, 6.45) is 1.64. The van der Waals surface area contributed by atoms with Crippen molar-refractivity contribution in [2.24, 2.45) is 0 Å². The summed E-state index contributed by atoms with van der Waals surface area (Å²) in [5.74, 6) is 1.34. The molecule has 0 saturated heterocycles. The van der Waals surface area contributed by atoms with Crippen LogP contribution in [0.3, 0.4) is 0 Å². The number of nitrogens with one attached hydrogen (secondary N) is 1. The second-order valence-corrected chi connectivity index (χ2v) is 8.77. The summed E-state index contributed by atoms with van der Waals surface area (Å²) >= 11 is 7.37. The third kappa shape index (κ3) is 5.00. The zero-order valence-electron chi connectivity index (χ0n) is 17.1. The van der Waals surface area contributed by atoms with Gasteiger partial charge in [0.2, 0.25) is 5.91 Å². The van der Waals surface area contributed by atoms with Gasteiger partial charge in [0.05, 0.1) is 23.6 Å². The van der Waals surface area contributed by atoms with Gasteiger partial charge in [0.15, 0.2) is 11.0 Å². The Morgan fingerprint density at radius 1 is 1.16 bits per heavy atom. The fraction of sp³-hybridized carbons (Fsp3) is 0.174. The van der Waals surface area contributed by atoms with Crippen LogP contribution in [-0.4, -0.2) is 25.9 Å². The average molecular weight is 453 g/mol. The number of rotatable bonds is 7. The molecule has 158 valence electrons. The van der Waals surface area contributed by atoms with Crippen LogP contribution >= 0.6 is 23.4 Å². The molecule has 2 aromatic carbocycles. The SMILES string of the molecule is Cc1occc1-c1nnc(SC(C)C(=O)Nc2cccc(Cl)c2)n1Cc1ccccc1. The molecule has 2 aromatic heterocycles. The highest BCUT2D eigenvalue weighted by molar-refractivity contribution is 8.00. The number of anilines is 1. The van der Waals surface area contributed by atoms with Crippen molar-refractivity contribution in [2.75, 3.05) is 5.32 Å². The number of amides is 1. The number of furan rings is 1. The Hall–Kier alpha value is -3.03. The van der Waals surface area contributed by atoms with Crippen molar-refractivity contribution in [1.29, 1.82) is 0 Å². The number of nitrogens with zero attached hydrogens (tertiary/aromatic N) is 3. The highest BCUT2D eigenvalue weighted by Crippen LogP contribution is 2.30. The van der Waals surface area contributed by atoms with E-state index in [2.05, 4.69) is 27.6 Å². The zero-order valence-corrected chi connectivity index (χ0v) is 18.7. The monoisotopic (exact) mass is 452 g/mol. The Morgan fingerprint density at radius 2 is 1.97 bits per heavy atom. The lowest BCUT2D eigenvalue weighted by atomic mass is 10.2. The summed E-state index contributed by atoms with van der Waals surface area (Å²) < 4.78 is 7.48. The van der Waals surface area contributed by atoms with Crippen LogP contribution in [0.4, 0.5) is 5.69 Å². The first-order chi connectivity index (χ1) is 15.0. The summed E-state index contributed by atoms with van der Waals surface area (Å²) in [4.78, 5) is 12.7. The fourth-order valence-corrected chi connectivity index (χ4v) is 4.16. The second-order valence-electron chi connectivity index (χ2n) is 7.03. The molecule has 0 aliphatic carbocycles. The quantitative estimate of drug-likeness (QED) is 0.366. The molecule has 1 atom stereocenters. The van der Waals surface area contributed by atoms with Gasteiger partial charge in [-0.05, 0) is 43.7 Å². The summed E-state index contributed by atoms with van der Waals surface area (Å²) in [5, 5.41) is 12.5. The van der Waals surface area contributed by atoms with Crippen molar-refractivity contribution in [3.63, 3.8) is 0 Å². The van der Waals surface area contributed by atoms with Crippen LogP contribution in [0.5, 0.6) is 0 Å². The van der Waals surface area contributed by atoms with Gasteiger partial charge in [-0.1, -0.05) is 59.8 Å². The van der Waals surface area contributed by atoms with Crippen LogP contribution in [0.1, 0.15) is 18.2 Å². The van der Waals surface area contributed by atoms with Gasteiger partial charge in [0.25, 0.3) is 0 Å². The van der Waals surface area contributed by atoms with Gasteiger partial charge in [-0.15, -0.1) is 10.2 Å². The molecular formula is C23H21ClN4O2S. The topological polar surface area (TPSA) is 72.9 Å². The molecule has 0 bridgehead atoms. The number of carbonyl (C=O) groups is 1. The third-order valence-corrected chi connectivity index (χ3v) is 6.06. The van der Waals surface area contributed by atoms with Gasteiger partial charge >= 0.3 is 0 Å². The van der Waals surface area contributed by atoms with Gasteiger partial charge in [-0.3, -0.25) is 9.36 Å². The van der Waals surface area contributed by atoms with Gasteiger partial charge < -0.3 is 9.73 Å². The number of carbonyl (C=O) groups excluding carboxylic acids is 1. The molecule has 4 rings (SSSR count). The van der Waals surface area contributed by atoms with Gasteiger partial charge in [-0.25, -0.2) is 0 Å². The molecule has 2 heterocycles. The highest BCUT2D eigenvalue weighted by Gasteiger charge is 2.22. The highest BCUT2D eigenvalue weighted by atomic mass is 35.5. The summed E-state index contributed by atoms with van der Waals surface area (Å²) in [5.41, 5.74) is 2.65. The maximum absolute atomic E-state index is 12.7. The van der Waals surface area contributed by atoms with Crippen molar-refractivity contribution in [2.45, 2.75) is 30.8 Å². The Morgan fingerprint density at radius 3 is 2.68 bits per heavy atom. The first kappa shape index (κ1) is 21.2. The van der Waals surface area contributed by atoms with Crippen molar-refractivity contribution >= 4 is 35.0 Å². The summed E-state index contributed by atoms with van der Waals surface area (Å²) in [6, 6.07) is 19.0. The van der Waals surface area contributed by atoms with E-state index in [-0.39, 0.29) is 5.91 Å². The van der Waals surface area contributed by atoms with Crippen molar-refractivity contribution in [1.82, 2.24) is 14.8 Å². The molecule has 8 heteroatoms. The molecule has 4 aromatic rings. The number of thioether (sulfide) groups is 1. The molecule has 1 amide bonds.